The van der Waals surface area contributed by atoms with Gasteiger partial charge in [0.25, 0.3) is 0 Å². The zero-order valence-electron chi connectivity index (χ0n) is 11.2. The summed E-state index contributed by atoms with van der Waals surface area (Å²) in [6.45, 7) is 1.60. The van der Waals surface area contributed by atoms with Crippen LogP contribution < -0.4 is 10.1 Å². The van der Waals surface area contributed by atoms with Gasteiger partial charge in [0.15, 0.2) is 0 Å². The largest absolute Gasteiger partial charge is 0.495 e. The maximum absolute atomic E-state index is 11.1. The molecular weight excluding hydrogens is 328 g/mol. The Kier molecular flexibility index (Phi) is 3.93. The number of ether oxygens (including phenoxy) is 1. The van der Waals surface area contributed by atoms with Crippen molar-refractivity contribution in [3.8, 4) is 5.75 Å². The fourth-order valence-electron chi connectivity index (χ4n) is 1.88. The van der Waals surface area contributed by atoms with E-state index in [1.165, 1.54) is 4.68 Å². The van der Waals surface area contributed by atoms with Crippen LogP contribution in [-0.4, -0.2) is 21.8 Å². The third-order valence-electron chi connectivity index (χ3n) is 2.79. The summed E-state index contributed by atoms with van der Waals surface area (Å²) in [4.78, 5) is 10.7. The summed E-state index contributed by atoms with van der Waals surface area (Å²) in [6, 6.07) is 5.34. The number of halogens is 1. The van der Waals surface area contributed by atoms with Crippen molar-refractivity contribution < 1.29 is 9.66 Å². The number of hydrogen-bond acceptors (Lipinski definition) is 5. The Balaban J connectivity index is 2.42. The van der Waals surface area contributed by atoms with Gasteiger partial charge in [-0.15, -0.1) is 0 Å². The van der Waals surface area contributed by atoms with E-state index in [1.807, 2.05) is 0 Å². The highest BCUT2D eigenvalue weighted by molar-refractivity contribution is 9.10. The van der Waals surface area contributed by atoms with E-state index >= 15 is 0 Å². The molecule has 20 heavy (non-hydrogen) atoms. The van der Waals surface area contributed by atoms with Crippen LogP contribution in [0.5, 0.6) is 5.75 Å². The normalized spacial score (nSPS) is 10.4. The van der Waals surface area contributed by atoms with Crippen molar-refractivity contribution in [1.82, 2.24) is 9.78 Å². The van der Waals surface area contributed by atoms with Crippen molar-refractivity contribution in [3.05, 3.63) is 38.5 Å². The molecule has 106 valence electrons. The molecule has 0 atom stereocenters. The van der Waals surface area contributed by atoms with E-state index in [0.29, 0.717) is 22.9 Å². The molecule has 1 N–H and O–H groups in total. The molecule has 7 nitrogen and oxygen atoms in total. The van der Waals surface area contributed by atoms with Gasteiger partial charge in [-0.3, -0.25) is 10.1 Å². The lowest BCUT2D eigenvalue weighted by atomic mass is 10.3. The first-order chi connectivity index (χ1) is 9.43. The van der Waals surface area contributed by atoms with E-state index in [9.17, 15) is 10.1 Å². The highest BCUT2D eigenvalue weighted by Gasteiger charge is 2.24. The van der Waals surface area contributed by atoms with E-state index in [1.54, 1.807) is 39.3 Å². The van der Waals surface area contributed by atoms with Gasteiger partial charge < -0.3 is 10.1 Å². The summed E-state index contributed by atoms with van der Waals surface area (Å²) in [5.74, 6) is 0.966. The Morgan fingerprint density at radius 1 is 1.50 bits per heavy atom. The molecule has 8 heteroatoms. The van der Waals surface area contributed by atoms with Crippen molar-refractivity contribution in [2.45, 2.75) is 6.92 Å². The maximum Gasteiger partial charge on any atom is 0.334 e. The Hall–Kier alpha value is -2.09. The molecule has 0 unspecified atom stereocenters. The number of nitro groups is 1. The van der Waals surface area contributed by atoms with E-state index in [4.69, 9.17) is 4.74 Å². The third-order valence-corrected chi connectivity index (χ3v) is 3.44. The van der Waals surface area contributed by atoms with Crippen molar-refractivity contribution in [2.24, 2.45) is 7.05 Å². The standard InChI is InChI=1S/C12H13BrN4O3/c1-7-11(17(18)19)12(16(2)15-7)14-8-4-5-9(13)10(6-8)20-3/h4-6,14H,1-3H3. The van der Waals surface area contributed by atoms with Crippen LogP contribution in [-0.2, 0) is 7.05 Å². The molecule has 0 fully saturated rings. The SMILES string of the molecule is COc1cc(Nc2c([N+](=O)[O-])c(C)nn2C)ccc1Br. The number of nitrogens with zero attached hydrogens (tertiary/aromatic N) is 3. The van der Waals surface area contributed by atoms with Crippen LogP contribution in [0.2, 0.25) is 0 Å². The quantitative estimate of drug-likeness (QED) is 0.682. The van der Waals surface area contributed by atoms with Crippen molar-refractivity contribution in [2.75, 3.05) is 12.4 Å². The van der Waals surface area contributed by atoms with Gasteiger partial charge in [-0.2, -0.15) is 5.10 Å². The van der Waals surface area contributed by atoms with Gasteiger partial charge in [0, 0.05) is 18.8 Å². The summed E-state index contributed by atoms with van der Waals surface area (Å²) in [6.07, 6.45) is 0. The summed E-state index contributed by atoms with van der Waals surface area (Å²) in [5, 5.41) is 18.2. The van der Waals surface area contributed by atoms with Crippen molar-refractivity contribution in [3.63, 3.8) is 0 Å². The monoisotopic (exact) mass is 340 g/mol. The molecule has 2 rings (SSSR count). The molecule has 0 saturated heterocycles. The van der Waals surface area contributed by atoms with E-state index in [0.717, 1.165) is 4.47 Å². The number of rotatable bonds is 4. The Morgan fingerprint density at radius 2 is 2.20 bits per heavy atom. The number of benzene rings is 1. The van der Waals surface area contributed by atoms with Gasteiger partial charge in [0.05, 0.1) is 16.5 Å². The van der Waals surface area contributed by atoms with Crippen LogP contribution in [0.3, 0.4) is 0 Å². The molecule has 0 saturated carbocycles. The summed E-state index contributed by atoms with van der Waals surface area (Å²) >= 11 is 3.35. The average molecular weight is 341 g/mol. The van der Waals surface area contributed by atoms with Crippen LogP contribution in [0.1, 0.15) is 5.69 Å². The number of anilines is 2. The van der Waals surface area contributed by atoms with Crippen LogP contribution in [0.4, 0.5) is 17.2 Å². The molecule has 1 aromatic carbocycles. The number of hydrogen-bond donors (Lipinski definition) is 1. The second kappa shape index (κ2) is 5.49. The maximum atomic E-state index is 11.1. The van der Waals surface area contributed by atoms with Crippen LogP contribution in [0, 0.1) is 17.0 Å². The van der Waals surface area contributed by atoms with Crippen molar-refractivity contribution >= 4 is 33.1 Å². The molecule has 0 aliphatic carbocycles. The zero-order chi connectivity index (χ0) is 14.9. The predicted molar refractivity (Wildman–Crippen MR) is 78.6 cm³/mol. The Morgan fingerprint density at radius 3 is 2.80 bits per heavy atom. The molecule has 1 heterocycles. The summed E-state index contributed by atoms with van der Waals surface area (Å²) in [7, 11) is 3.21. The molecule has 0 aliphatic heterocycles. The molecule has 0 spiro atoms. The summed E-state index contributed by atoms with van der Waals surface area (Å²) < 4.78 is 7.45. The van der Waals surface area contributed by atoms with Gasteiger partial charge in [-0.1, -0.05) is 0 Å². The third kappa shape index (κ3) is 2.60. The first-order valence-corrected chi connectivity index (χ1v) is 6.52. The summed E-state index contributed by atoms with van der Waals surface area (Å²) in [5.41, 5.74) is 1.01. The van der Waals surface area contributed by atoms with E-state index in [-0.39, 0.29) is 5.69 Å². The Bertz CT molecular complexity index is 669. The van der Waals surface area contributed by atoms with Crippen molar-refractivity contribution in [1.29, 1.82) is 0 Å². The highest BCUT2D eigenvalue weighted by atomic mass is 79.9. The molecule has 0 radical (unpaired) electrons. The Labute approximate surface area is 123 Å². The zero-order valence-corrected chi connectivity index (χ0v) is 12.8. The van der Waals surface area contributed by atoms with Gasteiger partial charge >= 0.3 is 5.69 Å². The number of aryl methyl sites for hydroxylation is 2. The number of methoxy groups -OCH3 is 1. The molecular formula is C12H13BrN4O3. The van der Waals surface area contributed by atoms with Crippen LogP contribution in [0.15, 0.2) is 22.7 Å². The molecule has 0 amide bonds. The first-order valence-electron chi connectivity index (χ1n) is 5.72. The van der Waals surface area contributed by atoms with Gasteiger partial charge in [-0.05, 0) is 35.0 Å². The predicted octanol–water partition coefficient (Wildman–Crippen LogP) is 3.15. The lowest BCUT2D eigenvalue weighted by Crippen LogP contribution is -2.01. The van der Waals surface area contributed by atoms with Gasteiger partial charge in [-0.25, -0.2) is 4.68 Å². The average Bonchev–Trinajstić information content (AvgIpc) is 2.66. The van der Waals surface area contributed by atoms with Gasteiger partial charge in [0.1, 0.15) is 11.4 Å². The topological polar surface area (TPSA) is 82.2 Å². The highest BCUT2D eigenvalue weighted by Crippen LogP contribution is 2.33. The molecule has 0 aliphatic rings. The first kappa shape index (κ1) is 14.3. The number of aromatic nitrogens is 2. The molecule has 0 bridgehead atoms. The molecule has 1 aromatic heterocycles. The minimum absolute atomic E-state index is 0.0330. The van der Waals surface area contributed by atoms with Gasteiger partial charge in [0.2, 0.25) is 5.82 Å². The lowest BCUT2D eigenvalue weighted by Gasteiger charge is -2.09. The second-order valence-corrected chi connectivity index (χ2v) is 4.99. The molecule has 2 aromatic rings. The fraction of sp³-hybridized carbons (Fsp3) is 0.250. The fourth-order valence-corrected chi connectivity index (χ4v) is 2.29. The number of nitrogens with one attached hydrogen (secondary N) is 1. The smallest absolute Gasteiger partial charge is 0.334 e. The lowest BCUT2D eigenvalue weighted by molar-refractivity contribution is -0.384. The second-order valence-electron chi connectivity index (χ2n) is 4.14. The van der Waals surface area contributed by atoms with E-state index in [2.05, 4.69) is 26.3 Å². The van der Waals surface area contributed by atoms with Crippen LogP contribution >= 0.6 is 15.9 Å². The minimum Gasteiger partial charge on any atom is -0.495 e. The minimum atomic E-state index is -0.444. The van der Waals surface area contributed by atoms with E-state index < -0.39 is 4.92 Å². The van der Waals surface area contributed by atoms with Crippen LogP contribution in [0.25, 0.3) is 0 Å².